The molecule has 0 bridgehead atoms. The number of rotatable bonds is 9. The summed E-state index contributed by atoms with van der Waals surface area (Å²) in [7, 11) is 0. The molecule has 0 saturated heterocycles. The highest BCUT2D eigenvalue weighted by atomic mass is 16.5. The van der Waals surface area contributed by atoms with E-state index in [1.54, 1.807) is 12.4 Å². The number of aromatic nitrogens is 2. The van der Waals surface area contributed by atoms with Crippen molar-refractivity contribution in [3.8, 4) is 11.5 Å². The molecule has 0 spiro atoms. The van der Waals surface area contributed by atoms with Crippen molar-refractivity contribution in [1.29, 1.82) is 0 Å². The molecule has 5 nitrogen and oxygen atoms in total. The van der Waals surface area contributed by atoms with Gasteiger partial charge in [0.1, 0.15) is 18.1 Å². The third-order valence-corrected chi connectivity index (χ3v) is 4.36. The van der Waals surface area contributed by atoms with Gasteiger partial charge in [0.2, 0.25) is 5.89 Å². The lowest BCUT2D eigenvalue weighted by molar-refractivity contribution is -0.124. The first-order valence-electron chi connectivity index (χ1n) is 9.13. The molecule has 1 aromatic carbocycles. The second-order valence-corrected chi connectivity index (χ2v) is 6.63. The van der Waals surface area contributed by atoms with Crippen LogP contribution in [0.15, 0.2) is 53.2 Å². The quantitative estimate of drug-likeness (QED) is 0.561. The Morgan fingerprint density at radius 3 is 2.56 bits per heavy atom. The molecule has 2 heterocycles. The number of oxazole rings is 1. The molecule has 0 atom stereocenters. The number of benzene rings is 1. The molecule has 0 aliphatic heterocycles. The van der Waals surface area contributed by atoms with E-state index in [0.717, 1.165) is 29.9 Å². The number of nitrogens with zero attached hydrogens (tertiary/aromatic N) is 2. The number of ether oxygens (including phenoxy) is 1. The number of ketones is 1. The monoisotopic (exact) mass is 364 g/mol. The maximum atomic E-state index is 12.0. The maximum Gasteiger partial charge on any atom is 0.226 e. The SMILES string of the molecule is Cc1ccc(-c2nc(COCC(=O)CCCc3ccncc3)c(C)o2)cc1. The Morgan fingerprint density at radius 1 is 1.07 bits per heavy atom. The van der Waals surface area contributed by atoms with Crippen LogP contribution in [0.25, 0.3) is 11.5 Å². The highest BCUT2D eigenvalue weighted by molar-refractivity contribution is 5.79. The minimum absolute atomic E-state index is 0.0997. The molecule has 0 N–H and O–H groups in total. The summed E-state index contributed by atoms with van der Waals surface area (Å²) in [6, 6.07) is 12.0. The molecule has 5 heteroatoms. The van der Waals surface area contributed by atoms with Crippen LogP contribution in [0.2, 0.25) is 0 Å². The van der Waals surface area contributed by atoms with Gasteiger partial charge in [-0.15, -0.1) is 0 Å². The normalized spacial score (nSPS) is 10.9. The number of hydrogen-bond acceptors (Lipinski definition) is 5. The fraction of sp³-hybridized carbons (Fsp3) is 0.318. The van der Waals surface area contributed by atoms with Crippen molar-refractivity contribution in [3.05, 3.63) is 71.4 Å². The van der Waals surface area contributed by atoms with Gasteiger partial charge in [0.05, 0.1) is 6.61 Å². The fourth-order valence-electron chi connectivity index (χ4n) is 2.75. The van der Waals surface area contributed by atoms with Gasteiger partial charge in [-0.1, -0.05) is 17.7 Å². The molecule has 0 amide bonds. The highest BCUT2D eigenvalue weighted by Gasteiger charge is 2.12. The molecule has 0 aliphatic carbocycles. The predicted molar refractivity (Wildman–Crippen MR) is 103 cm³/mol. The standard InChI is InChI=1S/C22H24N2O3/c1-16-6-8-19(9-7-16)22-24-21(17(2)27-22)15-26-14-20(25)5-3-4-18-10-12-23-13-11-18/h6-13H,3-5,14-15H2,1-2H3. The van der Waals surface area contributed by atoms with Crippen molar-refractivity contribution in [2.24, 2.45) is 0 Å². The van der Waals surface area contributed by atoms with Gasteiger partial charge < -0.3 is 9.15 Å². The Kier molecular flexibility index (Phi) is 6.49. The second-order valence-electron chi connectivity index (χ2n) is 6.63. The van der Waals surface area contributed by atoms with E-state index in [1.165, 1.54) is 11.1 Å². The third-order valence-electron chi connectivity index (χ3n) is 4.36. The van der Waals surface area contributed by atoms with E-state index >= 15 is 0 Å². The summed E-state index contributed by atoms with van der Waals surface area (Å²) < 4.78 is 11.3. The lowest BCUT2D eigenvalue weighted by atomic mass is 10.1. The minimum atomic E-state index is 0.0997. The van der Waals surface area contributed by atoms with E-state index in [1.807, 2.05) is 50.2 Å². The van der Waals surface area contributed by atoms with E-state index < -0.39 is 0 Å². The molecule has 0 fully saturated rings. The second kappa shape index (κ2) is 9.24. The Hall–Kier alpha value is -2.79. The molecule has 3 aromatic rings. The van der Waals surface area contributed by atoms with Crippen LogP contribution in [-0.2, 0) is 22.6 Å². The van der Waals surface area contributed by atoms with E-state index in [2.05, 4.69) is 9.97 Å². The van der Waals surface area contributed by atoms with Crippen LogP contribution in [0.5, 0.6) is 0 Å². The number of aryl methyl sites for hydroxylation is 3. The summed E-state index contributed by atoms with van der Waals surface area (Å²) in [4.78, 5) is 20.5. The Bertz CT molecular complexity index is 870. The summed E-state index contributed by atoms with van der Waals surface area (Å²) >= 11 is 0. The molecular formula is C22H24N2O3. The number of Topliss-reactive ketones (excluding diaryl/α,β-unsaturated/α-hetero) is 1. The van der Waals surface area contributed by atoms with Gasteiger partial charge in [-0.05, 0) is 56.5 Å². The highest BCUT2D eigenvalue weighted by Crippen LogP contribution is 2.22. The molecular weight excluding hydrogens is 340 g/mol. The first kappa shape index (κ1) is 19.0. The topological polar surface area (TPSA) is 65.2 Å². The van der Waals surface area contributed by atoms with Gasteiger partial charge in [0.25, 0.3) is 0 Å². The molecule has 3 rings (SSSR count). The van der Waals surface area contributed by atoms with Crippen LogP contribution in [0.1, 0.15) is 35.4 Å². The van der Waals surface area contributed by atoms with Crippen LogP contribution >= 0.6 is 0 Å². The van der Waals surface area contributed by atoms with Crippen molar-refractivity contribution >= 4 is 5.78 Å². The third kappa shape index (κ3) is 5.59. The molecule has 27 heavy (non-hydrogen) atoms. The first-order chi connectivity index (χ1) is 13.1. The molecule has 0 saturated carbocycles. The number of carbonyl (C=O) groups excluding carboxylic acids is 1. The van der Waals surface area contributed by atoms with E-state index in [-0.39, 0.29) is 19.0 Å². The zero-order chi connectivity index (χ0) is 19.1. The zero-order valence-corrected chi connectivity index (χ0v) is 15.8. The lowest BCUT2D eigenvalue weighted by Gasteiger charge is -2.03. The smallest absolute Gasteiger partial charge is 0.226 e. The van der Waals surface area contributed by atoms with E-state index in [9.17, 15) is 4.79 Å². The lowest BCUT2D eigenvalue weighted by Crippen LogP contribution is -2.09. The Labute approximate surface area is 159 Å². The van der Waals surface area contributed by atoms with Crippen molar-refractivity contribution < 1.29 is 13.9 Å². The van der Waals surface area contributed by atoms with Crippen molar-refractivity contribution in [1.82, 2.24) is 9.97 Å². The van der Waals surface area contributed by atoms with Gasteiger partial charge in [-0.25, -0.2) is 4.98 Å². The van der Waals surface area contributed by atoms with Gasteiger partial charge >= 0.3 is 0 Å². The average Bonchev–Trinajstić information content (AvgIpc) is 3.04. The molecule has 0 unspecified atom stereocenters. The van der Waals surface area contributed by atoms with Crippen LogP contribution in [0, 0.1) is 13.8 Å². The Morgan fingerprint density at radius 2 is 1.81 bits per heavy atom. The van der Waals surface area contributed by atoms with Crippen LogP contribution in [0.4, 0.5) is 0 Å². The van der Waals surface area contributed by atoms with Gasteiger partial charge in [0, 0.05) is 24.4 Å². The molecule has 0 radical (unpaired) electrons. The number of carbonyl (C=O) groups is 1. The number of pyridine rings is 1. The van der Waals surface area contributed by atoms with Gasteiger partial charge in [-0.2, -0.15) is 0 Å². The first-order valence-corrected chi connectivity index (χ1v) is 9.13. The molecule has 2 aromatic heterocycles. The zero-order valence-electron chi connectivity index (χ0n) is 15.8. The van der Waals surface area contributed by atoms with Gasteiger partial charge in [-0.3, -0.25) is 9.78 Å². The molecule has 0 aliphatic rings. The predicted octanol–water partition coefficient (Wildman–Crippen LogP) is 4.46. The number of hydrogen-bond donors (Lipinski definition) is 0. The van der Waals surface area contributed by atoms with Crippen LogP contribution < -0.4 is 0 Å². The van der Waals surface area contributed by atoms with Crippen molar-refractivity contribution in [3.63, 3.8) is 0 Å². The largest absolute Gasteiger partial charge is 0.441 e. The van der Waals surface area contributed by atoms with Crippen molar-refractivity contribution in [2.75, 3.05) is 6.61 Å². The van der Waals surface area contributed by atoms with Crippen molar-refractivity contribution in [2.45, 2.75) is 39.7 Å². The summed E-state index contributed by atoms with van der Waals surface area (Å²) in [5.74, 6) is 1.40. The Balaban J connectivity index is 1.43. The van der Waals surface area contributed by atoms with Gasteiger partial charge in [0.15, 0.2) is 5.78 Å². The van der Waals surface area contributed by atoms with Crippen LogP contribution in [-0.4, -0.2) is 22.4 Å². The maximum absolute atomic E-state index is 12.0. The molecule has 140 valence electrons. The van der Waals surface area contributed by atoms with Crippen LogP contribution in [0.3, 0.4) is 0 Å². The summed E-state index contributed by atoms with van der Waals surface area (Å²) in [6.07, 6.45) is 5.73. The van der Waals surface area contributed by atoms with E-state index in [4.69, 9.17) is 9.15 Å². The summed E-state index contributed by atoms with van der Waals surface area (Å²) in [6.45, 7) is 4.28. The summed E-state index contributed by atoms with van der Waals surface area (Å²) in [5, 5.41) is 0. The summed E-state index contributed by atoms with van der Waals surface area (Å²) in [5.41, 5.74) is 4.05. The minimum Gasteiger partial charge on any atom is -0.441 e. The average molecular weight is 364 g/mol. The fourth-order valence-corrected chi connectivity index (χ4v) is 2.75. The van der Waals surface area contributed by atoms with E-state index in [0.29, 0.717) is 12.3 Å².